The minimum Gasteiger partial charge on any atom is -0.447 e. The molecule has 0 aliphatic carbocycles. The molecule has 1 fully saturated rings. The predicted molar refractivity (Wildman–Crippen MR) is 73.9 cm³/mol. The van der Waals surface area contributed by atoms with E-state index in [2.05, 4.69) is 31.9 Å². The van der Waals surface area contributed by atoms with Gasteiger partial charge in [-0.25, -0.2) is 9.69 Å². The lowest BCUT2D eigenvalue weighted by molar-refractivity contribution is -0.127. The molecule has 0 N–H and O–H groups in total. The van der Waals surface area contributed by atoms with E-state index in [9.17, 15) is 9.59 Å². The lowest BCUT2D eigenvalue weighted by Crippen LogP contribution is -2.38. The molecule has 1 aromatic carbocycles. The number of benzene rings is 1. The van der Waals surface area contributed by atoms with E-state index in [-0.39, 0.29) is 17.3 Å². The molecule has 6 heteroatoms. The van der Waals surface area contributed by atoms with E-state index in [1.54, 1.807) is 0 Å². The summed E-state index contributed by atoms with van der Waals surface area (Å²) in [5.74, 6) is -0.289. The Morgan fingerprint density at radius 2 is 1.94 bits per heavy atom. The number of alkyl halides is 2. The molecule has 2 rings (SSSR count). The molecule has 1 aromatic rings. The summed E-state index contributed by atoms with van der Waals surface area (Å²) in [6, 6.07) is 9.55. The van der Waals surface area contributed by atoms with Gasteiger partial charge in [0.05, 0.1) is 11.4 Å². The molecule has 18 heavy (non-hydrogen) atoms. The Labute approximate surface area is 122 Å². The van der Waals surface area contributed by atoms with Crippen LogP contribution in [0.2, 0.25) is 0 Å². The Balaban J connectivity index is 2.09. The van der Waals surface area contributed by atoms with Crippen molar-refractivity contribution in [2.45, 2.75) is 9.65 Å². The molecule has 0 aromatic heterocycles. The Bertz CT molecular complexity index is 452. The first kappa shape index (κ1) is 13.5. The highest BCUT2D eigenvalue weighted by Crippen LogP contribution is 2.32. The molecule has 0 spiro atoms. The van der Waals surface area contributed by atoms with Gasteiger partial charge in [-0.15, -0.1) is 0 Å². The molecule has 2 amide bonds. The third-order valence-electron chi connectivity index (χ3n) is 2.64. The topological polar surface area (TPSA) is 46.6 Å². The Hall–Kier alpha value is -0.880. The summed E-state index contributed by atoms with van der Waals surface area (Å²) in [5, 5.41) is 0. The van der Waals surface area contributed by atoms with Crippen molar-refractivity contribution in [1.82, 2.24) is 4.90 Å². The molecule has 0 bridgehead atoms. The van der Waals surface area contributed by atoms with Crippen molar-refractivity contribution in [3.63, 3.8) is 0 Å². The number of hydrogen-bond donors (Lipinski definition) is 0. The van der Waals surface area contributed by atoms with Gasteiger partial charge in [-0.05, 0) is 5.56 Å². The van der Waals surface area contributed by atoms with Gasteiger partial charge in [0.1, 0.15) is 11.4 Å². The van der Waals surface area contributed by atoms with E-state index in [0.29, 0.717) is 6.54 Å². The van der Waals surface area contributed by atoms with Gasteiger partial charge in [-0.1, -0.05) is 62.2 Å². The van der Waals surface area contributed by atoms with Crippen LogP contribution < -0.4 is 0 Å². The van der Waals surface area contributed by atoms with Gasteiger partial charge in [0, 0.05) is 0 Å². The third-order valence-corrected chi connectivity index (χ3v) is 5.32. The summed E-state index contributed by atoms with van der Waals surface area (Å²) >= 11 is 6.81. The quantitative estimate of drug-likeness (QED) is 0.762. The van der Waals surface area contributed by atoms with Crippen LogP contribution in [-0.2, 0) is 9.53 Å². The number of imide groups is 1. The fourth-order valence-electron chi connectivity index (χ4n) is 1.67. The zero-order valence-corrected chi connectivity index (χ0v) is 12.6. The number of hydrogen-bond acceptors (Lipinski definition) is 3. The number of carbonyl (C=O) groups excluding carboxylic acids is 2. The van der Waals surface area contributed by atoms with E-state index in [4.69, 9.17) is 4.74 Å². The molecule has 0 radical (unpaired) electrons. The van der Waals surface area contributed by atoms with Crippen LogP contribution in [0.25, 0.3) is 0 Å². The van der Waals surface area contributed by atoms with Gasteiger partial charge >= 0.3 is 6.09 Å². The molecule has 1 aliphatic rings. The molecule has 1 saturated heterocycles. The second-order valence-electron chi connectivity index (χ2n) is 3.82. The van der Waals surface area contributed by atoms with Crippen LogP contribution in [0, 0.1) is 0 Å². The molecule has 1 heterocycles. The molecular formula is C12H11Br2NO3. The first-order chi connectivity index (χ1) is 8.61. The smallest absolute Gasteiger partial charge is 0.416 e. The molecule has 4 nitrogen and oxygen atoms in total. The van der Waals surface area contributed by atoms with E-state index in [1.807, 2.05) is 30.3 Å². The molecule has 0 saturated carbocycles. The molecule has 96 valence electrons. The average Bonchev–Trinajstić information content (AvgIpc) is 2.83. The number of cyclic esters (lactones) is 1. The normalized spacial score (nSPS) is 18.3. The van der Waals surface area contributed by atoms with Crippen LogP contribution in [0.15, 0.2) is 30.3 Å². The Kier molecular flexibility index (Phi) is 4.40. The van der Waals surface area contributed by atoms with Crippen molar-refractivity contribution >= 4 is 43.9 Å². The maximum absolute atomic E-state index is 12.1. The zero-order chi connectivity index (χ0) is 13.1. The molecular weight excluding hydrogens is 366 g/mol. The average molecular weight is 377 g/mol. The van der Waals surface area contributed by atoms with Crippen molar-refractivity contribution in [1.29, 1.82) is 0 Å². The first-order valence-electron chi connectivity index (χ1n) is 5.42. The van der Waals surface area contributed by atoms with Crippen LogP contribution >= 0.6 is 31.9 Å². The van der Waals surface area contributed by atoms with Gasteiger partial charge in [-0.2, -0.15) is 0 Å². The number of carbonyl (C=O) groups is 2. The van der Waals surface area contributed by atoms with E-state index >= 15 is 0 Å². The highest BCUT2D eigenvalue weighted by atomic mass is 79.9. The van der Waals surface area contributed by atoms with E-state index < -0.39 is 10.9 Å². The highest BCUT2D eigenvalue weighted by molar-refractivity contribution is 9.12. The zero-order valence-electron chi connectivity index (χ0n) is 9.38. The van der Waals surface area contributed by atoms with Crippen molar-refractivity contribution in [3.05, 3.63) is 35.9 Å². The maximum Gasteiger partial charge on any atom is 0.416 e. The number of ether oxygens (including phenoxy) is 1. The lowest BCUT2D eigenvalue weighted by Gasteiger charge is -2.20. The van der Waals surface area contributed by atoms with E-state index in [0.717, 1.165) is 10.5 Å². The van der Waals surface area contributed by atoms with Crippen molar-refractivity contribution in [2.75, 3.05) is 13.2 Å². The number of nitrogens with zero attached hydrogens (tertiary/aromatic N) is 1. The van der Waals surface area contributed by atoms with Crippen LogP contribution in [-0.4, -0.2) is 34.9 Å². The van der Waals surface area contributed by atoms with Crippen LogP contribution in [0.3, 0.4) is 0 Å². The lowest BCUT2D eigenvalue weighted by atomic mass is 10.1. The van der Waals surface area contributed by atoms with Gasteiger partial charge < -0.3 is 4.74 Å². The van der Waals surface area contributed by atoms with Crippen molar-refractivity contribution in [2.24, 2.45) is 0 Å². The minimum absolute atomic E-state index is 0.195. The van der Waals surface area contributed by atoms with Crippen molar-refractivity contribution < 1.29 is 14.3 Å². The summed E-state index contributed by atoms with van der Waals surface area (Å²) in [7, 11) is 0. The summed E-state index contributed by atoms with van der Waals surface area (Å²) in [4.78, 5) is 23.9. The van der Waals surface area contributed by atoms with Crippen LogP contribution in [0.4, 0.5) is 4.79 Å². The number of rotatable bonds is 3. The van der Waals surface area contributed by atoms with Gasteiger partial charge in [0.2, 0.25) is 5.91 Å². The fourth-order valence-corrected chi connectivity index (χ4v) is 2.76. The van der Waals surface area contributed by atoms with Gasteiger partial charge in [0.25, 0.3) is 0 Å². The summed E-state index contributed by atoms with van der Waals surface area (Å²) < 4.78 is 4.75. The second-order valence-corrected chi connectivity index (χ2v) is 5.79. The fraction of sp³-hybridized carbons (Fsp3) is 0.333. The summed E-state index contributed by atoms with van der Waals surface area (Å²) in [6.07, 6.45) is -0.572. The number of amides is 2. The summed E-state index contributed by atoms with van der Waals surface area (Å²) in [6.45, 7) is 0.580. The van der Waals surface area contributed by atoms with Gasteiger partial charge in [0.15, 0.2) is 0 Å². The van der Waals surface area contributed by atoms with E-state index in [1.165, 1.54) is 0 Å². The SMILES string of the molecule is O=C1OCCN1C(=O)[C@@H](Br)[C@H](Br)c1ccccc1. The monoisotopic (exact) mass is 375 g/mol. The third kappa shape index (κ3) is 2.75. The molecule has 0 unspecified atom stereocenters. The molecule has 1 aliphatic heterocycles. The largest absolute Gasteiger partial charge is 0.447 e. The Morgan fingerprint density at radius 1 is 1.28 bits per heavy atom. The standard InChI is InChI=1S/C12H11Br2NO3/c13-9(8-4-2-1-3-5-8)10(14)11(16)15-6-7-18-12(15)17/h1-5,9-10H,6-7H2/t9-,10+/m1/s1. The first-order valence-corrected chi connectivity index (χ1v) is 7.25. The predicted octanol–water partition coefficient (Wildman–Crippen LogP) is 2.86. The highest BCUT2D eigenvalue weighted by Gasteiger charge is 2.35. The Morgan fingerprint density at radius 3 is 2.50 bits per heavy atom. The van der Waals surface area contributed by atoms with Crippen LogP contribution in [0.1, 0.15) is 10.4 Å². The van der Waals surface area contributed by atoms with Crippen LogP contribution in [0.5, 0.6) is 0 Å². The van der Waals surface area contributed by atoms with Gasteiger partial charge in [-0.3, -0.25) is 4.79 Å². The molecule has 2 atom stereocenters. The minimum atomic E-state index is -0.572. The summed E-state index contributed by atoms with van der Waals surface area (Å²) in [5.41, 5.74) is 0.972. The number of halogens is 2. The second kappa shape index (κ2) is 5.84. The maximum atomic E-state index is 12.1. The van der Waals surface area contributed by atoms with Crippen molar-refractivity contribution in [3.8, 4) is 0 Å².